The van der Waals surface area contributed by atoms with Crippen LogP contribution in [0.15, 0.2) is 24.4 Å². The van der Waals surface area contributed by atoms with Gasteiger partial charge in [-0.15, -0.1) is 0 Å². The van der Waals surface area contributed by atoms with Crippen molar-refractivity contribution in [2.45, 2.75) is 27.7 Å². The standard InChI is InChI=1S/C16H23N3O/c1-10(2)14(11(3)4)9-17-16(20)12-5-6-15-13(7-12)8-18-19-15/h5-8,10-11,14H,9H2,1-4H3,(H,17,20)(H,18,19). The molecule has 0 aliphatic rings. The fraction of sp³-hybridized carbons (Fsp3) is 0.500. The third kappa shape index (κ3) is 3.18. The molecule has 2 aromatic rings. The third-order valence-corrected chi connectivity index (χ3v) is 3.91. The minimum atomic E-state index is -0.0144. The number of hydrogen-bond acceptors (Lipinski definition) is 2. The SMILES string of the molecule is CC(C)C(CNC(=O)c1ccc2[nH]ncc2c1)C(C)C. The molecular weight excluding hydrogens is 250 g/mol. The fourth-order valence-electron chi connectivity index (χ4n) is 2.64. The van der Waals surface area contributed by atoms with Crippen molar-refractivity contribution in [2.24, 2.45) is 17.8 Å². The lowest BCUT2D eigenvalue weighted by Crippen LogP contribution is -2.33. The van der Waals surface area contributed by atoms with Gasteiger partial charge < -0.3 is 5.32 Å². The lowest BCUT2D eigenvalue weighted by molar-refractivity contribution is 0.0937. The van der Waals surface area contributed by atoms with Crippen molar-refractivity contribution in [1.29, 1.82) is 0 Å². The van der Waals surface area contributed by atoms with E-state index in [1.807, 2.05) is 18.2 Å². The molecule has 0 unspecified atom stereocenters. The number of carbonyl (C=O) groups is 1. The first-order valence-corrected chi connectivity index (χ1v) is 7.20. The van der Waals surface area contributed by atoms with Gasteiger partial charge in [-0.1, -0.05) is 27.7 Å². The van der Waals surface area contributed by atoms with Gasteiger partial charge in [-0.05, 0) is 36.0 Å². The number of rotatable bonds is 5. The summed E-state index contributed by atoms with van der Waals surface area (Å²) in [6, 6.07) is 5.59. The summed E-state index contributed by atoms with van der Waals surface area (Å²) in [6.07, 6.45) is 1.73. The van der Waals surface area contributed by atoms with E-state index in [0.717, 1.165) is 17.4 Å². The van der Waals surface area contributed by atoms with Crippen molar-refractivity contribution < 1.29 is 4.79 Å². The molecule has 0 saturated heterocycles. The van der Waals surface area contributed by atoms with E-state index in [9.17, 15) is 4.79 Å². The van der Waals surface area contributed by atoms with E-state index in [2.05, 4.69) is 43.2 Å². The number of hydrogen-bond donors (Lipinski definition) is 2. The zero-order valence-electron chi connectivity index (χ0n) is 12.6. The Balaban J connectivity index is 2.04. The zero-order valence-corrected chi connectivity index (χ0v) is 12.6. The van der Waals surface area contributed by atoms with E-state index in [1.54, 1.807) is 6.20 Å². The first-order valence-electron chi connectivity index (χ1n) is 7.20. The first-order chi connectivity index (χ1) is 9.49. The van der Waals surface area contributed by atoms with Gasteiger partial charge in [0, 0.05) is 17.5 Å². The van der Waals surface area contributed by atoms with Gasteiger partial charge in [-0.2, -0.15) is 5.10 Å². The maximum Gasteiger partial charge on any atom is 0.251 e. The summed E-state index contributed by atoms with van der Waals surface area (Å²) in [7, 11) is 0. The minimum Gasteiger partial charge on any atom is -0.352 e. The predicted octanol–water partition coefficient (Wildman–Crippen LogP) is 3.22. The highest BCUT2D eigenvalue weighted by Crippen LogP contribution is 2.19. The van der Waals surface area contributed by atoms with E-state index < -0.39 is 0 Å². The zero-order chi connectivity index (χ0) is 14.7. The quantitative estimate of drug-likeness (QED) is 0.878. The molecule has 1 aromatic carbocycles. The number of H-pyrrole nitrogens is 1. The number of carbonyl (C=O) groups excluding carboxylic acids is 1. The van der Waals surface area contributed by atoms with Gasteiger partial charge in [0.15, 0.2) is 0 Å². The van der Waals surface area contributed by atoms with Gasteiger partial charge in [-0.3, -0.25) is 9.89 Å². The Morgan fingerprint density at radius 2 is 1.95 bits per heavy atom. The second-order valence-electron chi connectivity index (χ2n) is 6.03. The van der Waals surface area contributed by atoms with E-state index in [1.165, 1.54) is 0 Å². The summed E-state index contributed by atoms with van der Waals surface area (Å²) in [5.41, 5.74) is 1.63. The molecule has 108 valence electrons. The third-order valence-electron chi connectivity index (χ3n) is 3.91. The Morgan fingerprint density at radius 3 is 2.60 bits per heavy atom. The predicted molar refractivity (Wildman–Crippen MR) is 81.6 cm³/mol. The van der Waals surface area contributed by atoms with Crippen LogP contribution < -0.4 is 5.32 Å². The summed E-state index contributed by atoms with van der Waals surface area (Å²) >= 11 is 0. The van der Waals surface area contributed by atoms with Crippen LogP contribution in [-0.4, -0.2) is 22.6 Å². The molecule has 0 spiro atoms. The molecule has 0 atom stereocenters. The van der Waals surface area contributed by atoms with E-state index >= 15 is 0 Å². The van der Waals surface area contributed by atoms with E-state index in [4.69, 9.17) is 0 Å². The smallest absolute Gasteiger partial charge is 0.251 e. The van der Waals surface area contributed by atoms with Gasteiger partial charge in [-0.25, -0.2) is 0 Å². The van der Waals surface area contributed by atoms with E-state index in [-0.39, 0.29) is 5.91 Å². The van der Waals surface area contributed by atoms with Crippen molar-refractivity contribution in [2.75, 3.05) is 6.54 Å². The Hall–Kier alpha value is -1.84. The van der Waals surface area contributed by atoms with Gasteiger partial charge in [0.2, 0.25) is 0 Å². The van der Waals surface area contributed by atoms with Crippen LogP contribution in [0.25, 0.3) is 10.9 Å². The molecule has 0 aliphatic heterocycles. The molecule has 4 nitrogen and oxygen atoms in total. The minimum absolute atomic E-state index is 0.0144. The summed E-state index contributed by atoms with van der Waals surface area (Å²) in [4.78, 5) is 12.2. The van der Waals surface area contributed by atoms with Gasteiger partial charge in [0.1, 0.15) is 0 Å². The summed E-state index contributed by atoms with van der Waals surface area (Å²) < 4.78 is 0. The number of aromatic amines is 1. The Labute approximate surface area is 120 Å². The molecule has 4 heteroatoms. The van der Waals surface area contributed by atoms with Crippen LogP contribution in [0.2, 0.25) is 0 Å². The van der Waals surface area contributed by atoms with Crippen LogP contribution in [0.5, 0.6) is 0 Å². The first kappa shape index (κ1) is 14.6. The number of nitrogens with zero attached hydrogens (tertiary/aromatic N) is 1. The number of amides is 1. The van der Waals surface area contributed by atoms with Crippen LogP contribution in [0.1, 0.15) is 38.1 Å². The highest BCUT2D eigenvalue weighted by atomic mass is 16.1. The van der Waals surface area contributed by atoms with Gasteiger partial charge in [0.05, 0.1) is 11.7 Å². The van der Waals surface area contributed by atoms with Crippen LogP contribution in [0, 0.1) is 17.8 Å². The molecule has 1 heterocycles. The Kier molecular flexibility index (Phi) is 4.42. The lowest BCUT2D eigenvalue weighted by Gasteiger charge is -2.25. The molecule has 1 aromatic heterocycles. The monoisotopic (exact) mass is 273 g/mol. The summed E-state index contributed by atoms with van der Waals surface area (Å²) in [6.45, 7) is 9.53. The average Bonchev–Trinajstić information content (AvgIpc) is 2.84. The van der Waals surface area contributed by atoms with Gasteiger partial charge >= 0.3 is 0 Å². The number of benzene rings is 1. The number of fused-ring (bicyclic) bond motifs is 1. The van der Waals surface area contributed by atoms with Crippen molar-refractivity contribution in [3.8, 4) is 0 Å². The van der Waals surface area contributed by atoms with Crippen molar-refractivity contribution in [3.05, 3.63) is 30.0 Å². The Morgan fingerprint density at radius 1 is 1.25 bits per heavy atom. The van der Waals surface area contributed by atoms with Crippen molar-refractivity contribution in [1.82, 2.24) is 15.5 Å². The largest absolute Gasteiger partial charge is 0.352 e. The van der Waals surface area contributed by atoms with Crippen LogP contribution >= 0.6 is 0 Å². The molecule has 0 aliphatic carbocycles. The highest BCUT2D eigenvalue weighted by molar-refractivity contribution is 5.97. The molecule has 0 radical (unpaired) electrons. The molecule has 2 rings (SSSR count). The number of aromatic nitrogens is 2. The summed E-state index contributed by atoms with van der Waals surface area (Å²) in [5, 5.41) is 10.9. The highest BCUT2D eigenvalue weighted by Gasteiger charge is 2.18. The second kappa shape index (κ2) is 6.07. The fourth-order valence-corrected chi connectivity index (χ4v) is 2.64. The average molecular weight is 273 g/mol. The van der Waals surface area contributed by atoms with Crippen LogP contribution in [0.4, 0.5) is 0 Å². The molecular formula is C16H23N3O. The maximum atomic E-state index is 12.2. The molecule has 1 amide bonds. The lowest BCUT2D eigenvalue weighted by atomic mass is 9.85. The Bertz CT molecular complexity index is 578. The van der Waals surface area contributed by atoms with Crippen molar-refractivity contribution >= 4 is 16.8 Å². The van der Waals surface area contributed by atoms with Crippen LogP contribution in [0.3, 0.4) is 0 Å². The second-order valence-corrected chi connectivity index (χ2v) is 6.03. The van der Waals surface area contributed by atoms with Gasteiger partial charge in [0.25, 0.3) is 5.91 Å². The molecule has 20 heavy (non-hydrogen) atoms. The molecule has 2 N–H and O–H groups in total. The molecule has 0 bridgehead atoms. The maximum absolute atomic E-state index is 12.2. The van der Waals surface area contributed by atoms with Crippen molar-refractivity contribution in [3.63, 3.8) is 0 Å². The molecule has 0 saturated carbocycles. The topological polar surface area (TPSA) is 57.8 Å². The van der Waals surface area contributed by atoms with Crippen LogP contribution in [-0.2, 0) is 0 Å². The molecule has 0 fully saturated rings. The normalized spacial score (nSPS) is 11.8. The summed E-state index contributed by atoms with van der Waals surface area (Å²) in [5.74, 6) is 1.61. The number of nitrogens with one attached hydrogen (secondary N) is 2. The van der Waals surface area contributed by atoms with E-state index in [0.29, 0.717) is 23.3 Å².